The van der Waals surface area contributed by atoms with Crippen LogP contribution < -0.4 is 30.7 Å². The Hall–Kier alpha value is -3.74. The van der Waals surface area contributed by atoms with Gasteiger partial charge < -0.3 is 9.47 Å². The van der Waals surface area contributed by atoms with Gasteiger partial charge >= 0.3 is 0 Å². The summed E-state index contributed by atoms with van der Waals surface area (Å²) in [7, 11) is -2.32. The fraction of sp³-hybridized carbons (Fsp3) is 0.0952. The molecule has 0 saturated carbocycles. The van der Waals surface area contributed by atoms with Crippen LogP contribution in [0.4, 0.5) is 0 Å². The van der Waals surface area contributed by atoms with Crippen LogP contribution in [0.3, 0.4) is 0 Å². The van der Waals surface area contributed by atoms with Gasteiger partial charge in [-0.1, -0.05) is 18.6 Å². The normalized spacial score (nSPS) is 11.8. The summed E-state index contributed by atoms with van der Waals surface area (Å²) in [5, 5.41) is 8.71. The third-order valence-corrected chi connectivity index (χ3v) is 5.17. The number of primary sulfonamides is 1. The maximum atomic E-state index is 12.9. The lowest BCUT2D eigenvalue weighted by molar-refractivity contribution is 0.331. The molecule has 1 heterocycles. The van der Waals surface area contributed by atoms with Crippen LogP contribution in [0.1, 0.15) is 5.56 Å². The molecule has 0 amide bonds. The van der Waals surface area contributed by atoms with Gasteiger partial charge in [-0.3, -0.25) is 9.89 Å². The summed E-state index contributed by atoms with van der Waals surface area (Å²) in [4.78, 5) is 12.8. The third kappa shape index (κ3) is 4.30. The number of terminal acetylenes is 1. The smallest absolute Gasteiger partial charge is 0.279 e. The number of sulfonamides is 1. The van der Waals surface area contributed by atoms with Gasteiger partial charge in [-0.05, 0) is 48.0 Å². The van der Waals surface area contributed by atoms with Crippen molar-refractivity contribution in [3.8, 4) is 29.5 Å². The molecule has 3 aromatic rings. The molecule has 0 saturated heterocycles. The Balaban J connectivity index is 2.04. The summed E-state index contributed by atoms with van der Waals surface area (Å²) in [5.41, 5.74) is 0.778. The first-order valence-electron chi connectivity index (χ1n) is 8.64. The summed E-state index contributed by atoms with van der Waals surface area (Å²) in [6, 6.07) is 10.8. The predicted octanol–water partition coefficient (Wildman–Crippen LogP) is 0.0727. The molecular formula is C21H19N3O5S. The number of H-pyrrole nitrogens is 1. The Morgan fingerprint density at radius 1 is 1.23 bits per heavy atom. The van der Waals surface area contributed by atoms with E-state index in [1.165, 1.54) is 36.1 Å². The lowest BCUT2D eigenvalue weighted by Gasteiger charge is -2.09. The molecule has 0 atom stereocenters. The maximum absolute atomic E-state index is 12.9. The topological polar surface area (TPSA) is 116 Å². The highest BCUT2D eigenvalue weighted by Gasteiger charge is 2.10. The van der Waals surface area contributed by atoms with E-state index in [2.05, 4.69) is 17.6 Å². The van der Waals surface area contributed by atoms with E-state index in [1.54, 1.807) is 24.3 Å². The van der Waals surface area contributed by atoms with Crippen molar-refractivity contribution in [2.24, 2.45) is 5.14 Å². The van der Waals surface area contributed by atoms with E-state index < -0.39 is 10.0 Å². The van der Waals surface area contributed by atoms with Crippen molar-refractivity contribution in [3.63, 3.8) is 0 Å². The Bertz CT molecular complexity index is 1390. The van der Waals surface area contributed by atoms with Crippen LogP contribution in [-0.4, -0.2) is 31.9 Å². The average Bonchev–Trinajstić information content (AvgIpc) is 3.00. The number of rotatable bonds is 6. The molecule has 9 heteroatoms. The quantitative estimate of drug-likeness (QED) is 0.543. The number of aromatic nitrogens is 2. The van der Waals surface area contributed by atoms with E-state index in [-0.39, 0.29) is 17.1 Å². The van der Waals surface area contributed by atoms with E-state index in [4.69, 9.17) is 21.0 Å². The summed E-state index contributed by atoms with van der Waals surface area (Å²) in [5.74, 6) is 3.35. The minimum Gasteiger partial charge on any atom is -0.493 e. The summed E-state index contributed by atoms with van der Waals surface area (Å²) < 4.78 is 34.8. The highest BCUT2D eigenvalue weighted by Crippen LogP contribution is 2.28. The van der Waals surface area contributed by atoms with Crippen molar-refractivity contribution in [3.05, 3.63) is 68.9 Å². The fourth-order valence-electron chi connectivity index (χ4n) is 2.79. The molecule has 0 aliphatic carbocycles. The van der Waals surface area contributed by atoms with Gasteiger partial charge in [0.25, 0.3) is 5.56 Å². The molecule has 0 aliphatic rings. The molecule has 2 aromatic carbocycles. The van der Waals surface area contributed by atoms with Gasteiger partial charge in [0.2, 0.25) is 10.0 Å². The van der Waals surface area contributed by atoms with Crippen LogP contribution in [0.15, 0.2) is 52.2 Å². The lowest BCUT2D eigenvalue weighted by atomic mass is 10.1. The Morgan fingerprint density at radius 2 is 1.93 bits per heavy atom. The molecule has 3 rings (SSSR count). The molecule has 0 radical (unpaired) electrons. The van der Waals surface area contributed by atoms with Crippen LogP contribution in [0.25, 0.3) is 18.3 Å². The molecule has 0 spiro atoms. The van der Waals surface area contributed by atoms with Crippen LogP contribution in [0.5, 0.6) is 11.5 Å². The first-order chi connectivity index (χ1) is 14.2. The first kappa shape index (κ1) is 21.0. The second-order valence-corrected chi connectivity index (χ2v) is 7.79. The molecule has 3 N–H and O–H groups in total. The predicted molar refractivity (Wildman–Crippen MR) is 113 cm³/mol. The molecule has 0 unspecified atom stereocenters. The SMILES string of the molecule is C#CCOc1ccc(/C=c2\c(=C)[nH]n(-c3ccc(S(N)(=O)=O)cc3)c2=O)cc1OC. The van der Waals surface area contributed by atoms with Crippen molar-refractivity contribution in [1.29, 1.82) is 0 Å². The van der Waals surface area contributed by atoms with E-state index in [1.807, 2.05) is 0 Å². The number of nitrogens with two attached hydrogens (primary N) is 1. The Kier molecular flexibility index (Phi) is 5.82. The number of methoxy groups -OCH3 is 1. The van der Waals surface area contributed by atoms with Crippen LogP contribution in [0.2, 0.25) is 0 Å². The minimum absolute atomic E-state index is 0.0493. The van der Waals surface area contributed by atoms with Gasteiger partial charge in [-0.25, -0.2) is 18.2 Å². The summed E-state index contributed by atoms with van der Waals surface area (Å²) in [6.45, 7) is 3.99. The molecule has 1 aromatic heterocycles. The summed E-state index contributed by atoms with van der Waals surface area (Å²) >= 11 is 0. The first-order valence-corrected chi connectivity index (χ1v) is 10.2. The minimum atomic E-state index is -3.82. The number of aromatic amines is 1. The number of nitrogens with one attached hydrogen (secondary N) is 1. The van der Waals surface area contributed by atoms with Crippen molar-refractivity contribution < 1.29 is 17.9 Å². The fourth-order valence-corrected chi connectivity index (χ4v) is 3.31. The van der Waals surface area contributed by atoms with Gasteiger partial charge in [0.15, 0.2) is 11.5 Å². The van der Waals surface area contributed by atoms with E-state index in [0.717, 1.165) is 0 Å². The number of hydrogen-bond donors (Lipinski definition) is 2. The molecule has 0 bridgehead atoms. The zero-order valence-electron chi connectivity index (χ0n) is 16.1. The Morgan fingerprint density at radius 3 is 2.53 bits per heavy atom. The van der Waals surface area contributed by atoms with Crippen molar-refractivity contribution in [2.75, 3.05) is 13.7 Å². The van der Waals surface area contributed by atoms with Gasteiger partial charge in [-0.15, -0.1) is 6.42 Å². The van der Waals surface area contributed by atoms with Crippen LogP contribution in [-0.2, 0) is 10.0 Å². The molecule has 30 heavy (non-hydrogen) atoms. The standard InChI is InChI=1S/C21H19N3O5S/c1-4-11-29-19-10-5-15(13-20(19)28-3)12-18-14(2)23-24(21(18)25)16-6-8-17(9-7-16)30(22,26)27/h1,5-10,12-13,23H,2,11H2,3H3,(H2,22,26,27)/b18-12+. The number of ether oxygens (including phenoxy) is 2. The maximum Gasteiger partial charge on any atom is 0.279 e. The molecule has 8 nitrogen and oxygen atoms in total. The second kappa shape index (κ2) is 8.32. The van der Waals surface area contributed by atoms with E-state index >= 15 is 0 Å². The summed E-state index contributed by atoms with van der Waals surface area (Å²) in [6.07, 6.45) is 6.86. The van der Waals surface area contributed by atoms with Gasteiger partial charge in [0, 0.05) is 0 Å². The number of benzene rings is 2. The van der Waals surface area contributed by atoms with Crippen molar-refractivity contribution in [1.82, 2.24) is 9.78 Å². The van der Waals surface area contributed by atoms with E-state index in [0.29, 0.717) is 33.3 Å². The van der Waals surface area contributed by atoms with E-state index in [9.17, 15) is 13.2 Å². The Labute approximate surface area is 172 Å². The van der Waals surface area contributed by atoms with Gasteiger partial charge in [-0.2, -0.15) is 0 Å². The van der Waals surface area contributed by atoms with Crippen LogP contribution in [0, 0.1) is 12.3 Å². The zero-order chi connectivity index (χ0) is 21.9. The van der Waals surface area contributed by atoms with Crippen molar-refractivity contribution in [2.45, 2.75) is 4.90 Å². The number of nitrogens with zero attached hydrogens (tertiary/aromatic N) is 1. The molecule has 0 fully saturated rings. The highest BCUT2D eigenvalue weighted by atomic mass is 32.2. The van der Waals surface area contributed by atoms with Gasteiger partial charge in [0.05, 0.1) is 28.3 Å². The second-order valence-electron chi connectivity index (χ2n) is 6.23. The monoisotopic (exact) mass is 425 g/mol. The average molecular weight is 425 g/mol. The third-order valence-electron chi connectivity index (χ3n) is 4.24. The van der Waals surface area contributed by atoms with Crippen LogP contribution >= 0.6 is 0 Å². The zero-order valence-corrected chi connectivity index (χ0v) is 16.9. The van der Waals surface area contributed by atoms with Crippen molar-refractivity contribution >= 4 is 22.7 Å². The molecule has 154 valence electrons. The largest absolute Gasteiger partial charge is 0.493 e. The molecule has 0 aliphatic heterocycles. The lowest BCUT2D eigenvalue weighted by Crippen LogP contribution is -2.33. The number of hydrogen-bond acceptors (Lipinski definition) is 5. The van der Waals surface area contributed by atoms with Gasteiger partial charge in [0.1, 0.15) is 6.61 Å². The highest BCUT2D eigenvalue weighted by molar-refractivity contribution is 7.89. The molecular weight excluding hydrogens is 406 g/mol.